The van der Waals surface area contributed by atoms with Gasteiger partial charge in [-0.05, 0) is 25.3 Å². The maximum Gasteiger partial charge on any atom is 0.315 e. The monoisotopic (exact) mass is 318 g/mol. The summed E-state index contributed by atoms with van der Waals surface area (Å²) in [6, 6.07) is 9.91. The number of urea groups is 1. The molecular formula is C17H26N4O2. The molecule has 1 fully saturated rings. The fourth-order valence-electron chi connectivity index (χ4n) is 2.77. The fraction of sp³-hybridized carbons (Fsp3) is 0.529. The van der Waals surface area contributed by atoms with Crippen LogP contribution in [0.1, 0.15) is 31.4 Å². The van der Waals surface area contributed by atoms with Gasteiger partial charge in [-0.15, -0.1) is 0 Å². The molecule has 0 radical (unpaired) electrons. The highest BCUT2D eigenvalue weighted by molar-refractivity contribution is 5.77. The lowest BCUT2D eigenvalue weighted by molar-refractivity contribution is -0.122. The van der Waals surface area contributed by atoms with Gasteiger partial charge in [-0.2, -0.15) is 0 Å². The van der Waals surface area contributed by atoms with Gasteiger partial charge < -0.3 is 16.0 Å². The smallest absolute Gasteiger partial charge is 0.315 e. The van der Waals surface area contributed by atoms with Crippen LogP contribution in [0.25, 0.3) is 0 Å². The average molecular weight is 318 g/mol. The number of likely N-dealkylation sites (tertiary alicyclic amines) is 1. The van der Waals surface area contributed by atoms with E-state index in [1.54, 1.807) is 7.05 Å². The topological polar surface area (TPSA) is 73.5 Å². The molecule has 3 N–H and O–H groups in total. The second-order valence-corrected chi connectivity index (χ2v) is 5.97. The van der Waals surface area contributed by atoms with Crippen LogP contribution in [0.5, 0.6) is 0 Å². The molecule has 3 amide bonds. The van der Waals surface area contributed by atoms with E-state index < -0.39 is 0 Å². The molecule has 23 heavy (non-hydrogen) atoms. The molecule has 1 heterocycles. The molecule has 0 aromatic heterocycles. The van der Waals surface area contributed by atoms with Gasteiger partial charge in [-0.25, -0.2) is 4.79 Å². The standard InChI is InChI=1S/C17H26N4O2/c1-13(14-6-4-3-5-7-14)19-17(23)20-15-8-10-21(11-9-15)12-16(22)18-2/h3-7,13,15H,8-12H2,1-2H3,(H,18,22)(H2,19,20,23). The van der Waals surface area contributed by atoms with Crippen LogP contribution in [-0.4, -0.2) is 49.6 Å². The summed E-state index contributed by atoms with van der Waals surface area (Å²) >= 11 is 0. The third kappa shape index (κ3) is 5.56. The number of nitrogens with zero attached hydrogens (tertiary/aromatic N) is 1. The van der Waals surface area contributed by atoms with Crippen molar-refractivity contribution >= 4 is 11.9 Å². The van der Waals surface area contributed by atoms with Crippen LogP contribution >= 0.6 is 0 Å². The van der Waals surface area contributed by atoms with E-state index in [4.69, 9.17) is 0 Å². The number of carbonyl (C=O) groups is 2. The average Bonchev–Trinajstić information content (AvgIpc) is 2.57. The first kappa shape index (κ1) is 17.3. The summed E-state index contributed by atoms with van der Waals surface area (Å²) < 4.78 is 0. The Kier molecular flexibility index (Phi) is 6.40. The summed E-state index contributed by atoms with van der Waals surface area (Å²) in [7, 11) is 1.65. The number of nitrogens with one attached hydrogen (secondary N) is 3. The van der Waals surface area contributed by atoms with Crippen molar-refractivity contribution in [3.63, 3.8) is 0 Å². The Morgan fingerprint density at radius 1 is 1.22 bits per heavy atom. The Bertz CT molecular complexity index is 513. The second kappa shape index (κ2) is 8.53. The van der Waals surface area contributed by atoms with Crippen LogP contribution in [0.15, 0.2) is 30.3 Å². The molecular weight excluding hydrogens is 292 g/mol. The van der Waals surface area contributed by atoms with Gasteiger partial charge in [0.15, 0.2) is 0 Å². The number of hydrogen-bond acceptors (Lipinski definition) is 3. The number of piperidine rings is 1. The summed E-state index contributed by atoms with van der Waals surface area (Å²) in [5, 5.41) is 8.63. The number of carbonyl (C=O) groups excluding carboxylic acids is 2. The summed E-state index contributed by atoms with van der Waals surface area (Å²) in [6.45, 7) is 4.06. The Morgan fingerprint density at radius 2 is 1.87 bits per heavy atom. The summed E-state index contributed by atoms with van der Waals surface area (Å²) in [4.78, 5) is 25.6. The molecule has 2 rings (SSSR count). The van der Waals surface area contributed by atoms with E-state index in [2.05, 4.69) is 20.9 Å². The molecule has 0 bridgehead atoms. The molecule has 0 saturated carbocycles. The van der Waals surface area contributed by atoms with Crippen molar-refractivity contribution in [2.45, 2.75) is 31.8 Å². The Morgan fingerprint density at radius 3 is 2.48 bits per heavy atom. The van der Waals surface area contributed by atoms with E-state index in [1.807, 2.05) is 37.3 Å². The molecule has 0 spiro atoms. The predicted octanol–water partition coefficient (Wildman–Crippen LogP) is 1.26. The van der Waals surface area contributed by atoms with Gasteiger partial charge in [-0.1, -0.05) is 30.3 Å². The van der Waals surface area contributed by atoms with Crippen molar-refractivity contribution in [3.8, 4) is 0 Å². The van der Waals surface area contributed by atoms with Crippen LogP contribution in [0.4, 0.5) is 4.79 Å². The van der Waals surface area contributed by atoms with Gasteiger partial charge in [0.2, 0.25) is 5.91 Å². The number of benzene rings is 1. The van der Waals surface area contributed by atoms with Gasteiger partial charge in [0, 0.05) is 26.2 Å². The van der Waals surface area contributed by atoms with Gasteiger partial charge in [-0.3, -0.25) is 9.69 Å². The first-order valence-corrected chi connectivity index (χ1v) is 8.13. The van der Waals surface area contributed by atoms with Gasteiger partial charge in [0.05, 0.1) is 12.6 Å². The van der Waals surface area contributed by atoms with Crippen molar-refractivity contribution in [2.24, 2.45) is 0 Å². The molecule has 6 nitrogen and oxygen atoms in total. The molecule has 1 aromatic rings. The van der Waals surface area contributed by atoms with Gasteiger partial charge in [0.1, 0.15) is 0 Å². The Balaban J connectivity index is 1.71. The maximum absolute atomic E-state index is 12.1. The number of likely N-dealkylation sites (N-methyl/N-ethyl adjacent to an activating group) is 1. The summed E-state index contributed by atoms with van der Waals surface area (Å²) in [5.41, 5.74) is 1.09. The van der Waals surface area contributed by atoms with Crippen molar-refractivity contribution in [1.82, 2.24) is 20.9 Å². The lowest BCUT2D eigenvalue weighted by atomic mass is 10.1. The Hall–Kier alpha value is -2.08. The first-order valence-electron chi connectivity index (χ1n) is 8.13. The molecule has 0 aliphatic carbocycles. The van der Waals surface area contributed by atoms with Crippen molar-refractivity contribution < 1.29 is 9.59 Å². The molecule has 1 aliphatic rings. The zero-order chi connectivity index (χ0) is 16.7. The molecule has 1 unspecified atom stereocenters. The van der Waals surface area contributed by atoms with E-state index >= 15 is 0 Å². The zero-order valence-corrected chi connectivity index (χ0v) is 13.8. The van der Waals surface area contributed by atoms with E-state index in [9.17, 15) is 9.59 Å². The van der Waals surface area contributed by atoms with E-state index in [0.717, 1.165) is 31.5 Å². The van der Waals surface area contributed by atoms with Gasteiger partial charge >= 0.3 is 6.03 Å². The lowest BCUT2D eigenvalue weighted by Gasteiger charge is -2.32. The normalized spacial score (nSPS) is 17.3. The highest BCUT2D eigenvalue weighted by Crippen LogP contribution is 2.12. The summed E-state index contributed by atoms with van der Waals surface area (Å²) in [5.74, 6) is 0.0332. The maximum atomic E-state index is 12.1. The predicted molar refractivity (Wildman–Crippen MR) is 90.1 cm³/mol. The number of hydrogen-bond donors (Lipinski definition) is 3. The second-order valence-electron chi connectivity index (χ2n) is 5.97. The van der Waals surface area contributed by atoms with Crippen molar-refractivity contribution in [1.29, 1.82) is 0 Å². The quantitative estimate of drug-likeness (QED) is 0.765. The number of amides is 3. The molecule has 1 aliphatic heterocycles. The van der Waals surface area contributed by atoms with Crippen LogP contribution in [0, 0.1) is 0 Å². The minimum atomic E-state index is -0.133. The summed E-state index contributed by atoms with van der Waals surface area (Å²) in [6.07, 6.45) is 1.73. The Labute approximate surface area is 137 Å². The minimum absolute atomic E-state index is 0.0236. The lowest BCUT2D eigenvalue weighted by Crippen LogP contribution is -2.49. The molecule has 1 saturated heterocycles. The van der Waals surface area contributed by atoms with Crippen LogP contribution in [0.3, 0.4) is 0 Å². The van der Waals surface area contributed by atoms with E-state index in [-0.39, 0.29) is 24.0 Å². The van der Waals surface area contributed by atoms with Crippen molar-refractivity contribution in [3.05, 3.63) is 35.9 Å². The zero-order valence-electron chi connectivity index (χ0n) is 13.8. The minimum Gasteiger partial charge on any atom is -0.358 e. The molecule has 6 heteroatoms. The van der Waals surface area contributed by atoms with Gasteiger partial charge in [0.25, 0.3) is 0 Å². The largest absolute Gasteiger partial charge is 0.358 e. The highest BCUT2D eigenvalue weighted by atomic mass is 16.2. The molecule has 126 valence electrons. The third-order valence-electron chi connectivity index (χ3n) is 4.22. The van der Waals surface area contributed by atoms with E-state index in [1.165, 1.54) is 0 Å². The number of rotatable bonds is 5. The van der Waals surface area contributed by atoms with Crippen LogP contribution in [0.2, 0.25) is 0 Å². The van der Waals surface area contributed by atoms with E-state index in [0.29, 0.717) is 6.54 Å². The first-order chi connectivity index (χ1) is 11.1. The fourth-order valence-corrected chi connectivity index (χ4v) is 2.77. The molecule has 1 aromatic carbocycles. The SMILES string of the molecule is CNC(=O)CN1CCC(NC(=O)NC(C)c2ccccc2)CC1. The van der Waals surface area contributed by atoms with Crippen molar-refractivity contribution in [2.75, 3.05) is 26.7 Å². The highest BCUT2D eigenvalue weighted by Gasteiger charge is 2.22. The molecule has 1 atom stereocenters. The third-order valence-corrected chi connectivity index (χ3v) is 4.22. The van der Waals surface area contributed by atoms with Crippen LogP contribution < -0.4 is 16.0 Å². The van der Waals surface area contributed by atoms with Crippen LogP contribution in [-0.2, 0) is 4.79 Å².